The van der Waals surface area contributed by atoms with E-state index in [1.54, 1.807) is 17.6 Å². The number of nitrogens with zero attached hydrogens (tertiary/aromatic N) is 2. The number of amides is 1. The summed E-state index contributed by atoms with van der Waals surface area (Å²) in [5, 5.41) is 1.98. The number of likely N-dealkylation sites (tertiary alicyclic amines) is 1. The summed E-state index contributed by atoms with van der Waals surface area (Å²) in [7, 11) is 0. The molecule has 1 fully saturated rings. The largest absolute Gasteiger partial charge is 0.444 e. The van der Waals surface area contributed by atoms with E-state index in [-0.39, 0.29) is 36.8 Å². The third kappa shape index (κ3) is 4.96. The van der Waals surface area contributed by atoms with Crippen LogP contribution in [0.25, 0.3) is 10.8 Å². The molecule has 1 amide bonds. The molecule has 0 spiro atoms. The Morgan fingerprint density at radius 3 is 2.75 bits per heavy atom. The Morgan fingerprint density at radius 2 is 2.17 bits per heavy atom. The predicted octanol–water partition coefficient (Wildman–Crippen LogP) is 3.38. The van der Waals surface area contributed by atoms with Crippen molar-refractivity contribution in [2.45, 2.75) is 32.2 Å². The Balaban J connectivity index is 0.00000144. The number of halogens is 2. The Kier molecular flexibility index (Phi) is 8.22. The van der Waals surface area contributed by atoms with E-state index in [0.717, 1.165) is 30.8 Å². The molecule has 1 atom stereocenters. The number of nitrogens with two attached hydrogens (primary N) is 1. The Labute approximate surface area is 158 Å². The minimum atomic E-state index is 0. The van der Waals surface area contributed by atoms with E-state index in [9.17, 15) is 4.79 Å². The molecule has 5 nitrogen and oxygen atoms in total. The van der Waals surface area contributed by atoms with Crippen molar-refractivity contribution in [3.63, 3.8) is 0 Å². The highest BCUT2D eigenvalue weighted by molar-refractivity contribution is 7.13. The molecule has 3 rings (SSSR count). The summed E-state index contributed by atoms with van der Waals surface area (Å²) in [6, 6.07) is 4.12. The fraction of sp³-hybridized carbons (Fsp3) is 0.500. The van der Waals surface area contributed by atoms with Crippen molar-refractivity contribution in [2.24, 2.45) is 11.7 Å². The first-order valence-electron chi connectivity index (χ1n) is 7.65. The monoisotopic (exact) mass is 391 g/mol. The van der Waals surface area contributed by atoms with Gasteiger partial charge in [-0.15, -0.1) is 36.2 Å². The summed E-state index contributed by atoms with van der Waals surface area (Å²) in [5.74, 6) is 1.24. The highest BCUT2D eigenvalue weighted by Crippen LogP contribution is 2.24. The highest BCUT2D eigenvalue weighted by Gasteiger charge is 2.25. The lowest BCUT2D eigenvalue weighted by atomic mass is 9.91. The molecule has 1 aliphatic rings. The van der Waals surface area contributed by atoms with Crippen LogP contribution in [0.2, 0.25) is 0 Å². The Hall–Kier alpha value is -1.08. The maximum atomic E-state index is 12.4. The average Bonchev–Trinajstić information content (AvgIpc) is 3.18. The van der Waals surface area contributed by atoms with Crippen LogP contribution in [0.1, 0.15) is 25.5 Å². The lowest BCUT2D eigenvalue weighted by Gasteiger charge is -2.33. The molecule has 8 heteroatoms. The van der Waals surface area contributed by atoms with Gasteiger partial charge in [0.25, 0.3) is 0 Å². The van der Waals surface area contributed by atoms with Gasteiger partial charge in [0.1, 0.15) is 6.26 Å². The first kappa shape index (κ1) is 21.0. The summed E-state index contributed by atoms with van der Waals surface area (Å²) in [5.41, 5.74) is 6.63. The van der Waals surface area contributed by atoms with Gasteiger partial charge in [-0.3, -0.25) is 4.79 Å². The number of thiophene rings is 1. The molecule has 2 aromatic rings. The van der Waals surface area contributed by atoms with Crippen molar-refractivity contribution < 1.29 is 9.21 Å². The fourth-order valence-corrected chi connectivity index (χ4v) is 3.50. The van der Waals surface area contributed by atoms with Gasteiger partial charge in [-0.25, -0.2) is 4.98 Å². The molecular weight excluding hydrogens is 369 g/mol. The quantitative estimate of drug-likeness (QED) is 0.866. The molecule has 1 aliphatic heterocycles. The van der Waals surface area contributed by atoms with E-state index in [1.165, 1.54) is 0 Å². The number of piperidine rings is 1. The number of aromatic nitrogens is 1. The summed E-state index contributed by atoms with van der Waals surface area (Å²) in [4.78, 5) is 19.7. The molecule has 1 saturated heterocycles. The molecule has 0 bridgehead atoms. The van der Waals surface area contributed by atoms with Crippen molar-refractivity contribution in [3.05, 3.63) is 29.5 Å². The molecular formula is C16H23Cl2N3O2S. The molecule has 3 heterocycles. The molecule has 24 heavy (non-hydrogen) atoms. The summed E-state index contributed by atoms with van der Waals surface area (Å²) in [6.07, 6.45) is 3.87. The zero-order valence-electron chi connectivity index (χ0n) is 13.5. The second-order valence-electron chi connectivity index (χ2n) is 5.88. The van der Waals surface area contributed by atoms with Crippen LogP contribution in [0.4, 0.5) is 0 Å². The van der Waals surface area contributed by atoms with Gasteiger partial charge in [-0.2, -0.15) is 0 Å². The van der Waals surface area contributed by atoms with Gasteiger partial charge in [-0.1, -0.05) is 6.07 Å². The minimum absolute atomic E-state index is 0. The zero-order chi connectivity index (χ0) is 15.5. The SMILES string of the molecule is CC(N)C1CCN(C(=O)Cc2coc(-c3cccs3)n2)CC1.Cl.Cl. The van der Waals surface area contributed by atoms with Crippen LogP contribution in [0, 0.1) is 5.92 Å². The van der Waals surface area contributed by atoms with Gasteiger partial charge < -0.3 is 15.1 Å². The topological polar surface area (TPSA) is 72.4 Å². The highest BCUT2D eigenvalue weighted by atomic mass is 35.5. The van der Waals surface area contributed by atoms with E-state index in [0.29, 0.717) is 23.9 Å². The van der Waals surface area contributed by atoms with E-state index in [1.807, 2.05) is 29.3 Å². The van der Waals surface area contributed by atoms with Gasteiger partial charge in [0.05, 0.1) is 17.0 Å². The number of oxazole rings is 1. The normalized spacial score (nSPS) is 16.2. The van der Waals surface area contributed by atoms with E-state index >= 15 is 0 Å². The number of hydrogen-bond acceptors (Lipinski definition) is 5. The molecule has 134 valence electrons. The lowest BCUT2D eigenvalue weighted by molar-refractivity contribution is -0.132. The van der Waals surface area contributed by atoms with E-state index in [4.69, 9.17) is 10.2 Å². The Morgan fingerprint density at radius 1 is 1.46 bits per heavy atom. The second kappa shape index (κ2) is 9.42. The van der Waals surface area contributed by atoms with Crippen molar-refractivity contribution in [2.75, 3.05) is 13.1 Å². The number of carbonyl (C=O) groups excluding carboxylic acids is 1. The van der Waals surface area contributed by atoms with E-state index < -0.39 is 0 Å². The van der Waals surface area contributed by atoms with Crippen molar-refractivity contribution >= 4 is 42.1 Å². The lowest BCUT2D eigenvalue weighted by Crippen LogP contribution is -2.43. The van der Waals surface area contributed by atoms with Crippen LogP contribution in [-0.4, -0.2) is 34.9 Å². The van der Waals surface area contributed by atoms with Gasteiger partial charge in [-0.05, 0) is 37.1 Å². The summed E-state index contributed by atoms with van der Waals surface area (Å²) < 4.78 is 5.46. The molecule has 0 saturated carbocycles. The van der Waals surface area contributed by atoms with Gasteiger partial charge in [0, 0.05) is 19.1 Å². The average molecular weight is 392 g/mol. The summed E-state index contributed by atoms with van der Waals surface area (Å²) >= 11 is 1.58. The number of hydrogen-bond donors (Lipinski definition) is 1. The first-order chi connectivity index (χ1) is 10.6. The Bertz CT molecular complexity index is 623. The minimum Gasteiger partial charge on any atom is -0.444 e. The third-order valence-electron chi connectivity index (χ3n) is 4.25. The molecule has 1 unspecified atom stereocenters. The van der Waals surface area contributed by atoms with Crippen molar-refractivity contribution in [3.8, 4) is 10.8 Å². The third-order valence-corrected chi connectivity index (χ3v) is 5.11. The number of carbonyl (C=O) groups is 1. The summed E-state index contributed by atoms with van der Waals surface area (Å²) in [6.45, 7) is 3.63. The van der Waals surface area contributed by atoms with Gasteiger partial charge >= 0.3 is 0 Å². The molecule has 2 aromatic heterocycles. The van der Waals surface area contributed by atoms with Crippen molar-refractivity contribution in [1.29, 1.82) is 0 Å². The zero-order valence-corrected chi connectivity index (χ0v) is 16.0. The van der Waals surface area contributed by atoms with Crippen LogP contribution in [0.5, 0.6) is 0 Å². The molecule has 0 aliphatic carbocycles. The number of rotatable bonds is 4. The predicted molar refractivity (Wildman–Crippen MR) is 101 cm³/mol. The van der Waals surface area contributed by atoms with E-state index in [2.05, 4.69) is 4.98 Å². The fourth-order valence-electron chi connectivity index (χ4n) is 2.84. The van der Waals surface area contributed by atoms with Crippen molar-refractivity contribution in [1.82, 2.24) is 9.88 Å². The van der Waals surface area contributed by atoms with Crippen LogP contribution in [0.15, 0.2) is 28.2 Å². The standard InChI is InChI=1S/C16H21N3O2S.2ClH/c1-11(17)12-4-6-19(7-5-12)15(20)9-13-10-21-16(18-13)14-3-2-8-22-14;;/h2-3,8,10-12H,4-7,9,17H2,1H3;2*1H. The maximum Gasteiger partial charge on any atom is 0.236 e. The second-order valence-corrected chi connectivity index (χ2v) is 6.82. The molecule has 2 N–H and O–H groups in total. The maximum absolute atomic E-state index is 12.4. The van der Waals surface area contributed by atoms with Crippen LogP contribution in [-0.2, 0) is 11.2 Å². The first-order valence-corrected chi connectivity index (χ1v) is 8.53. The van der Waals surface area contributed by atoms with Gasteiger partial charge in [0.2, 0.25) is 11.8 Å². The van der Waals surface area contributed by atoms with Crippen LogP contribution in [0.3, 0.4) is 0 Å². The molecule has 0 radical (unpaired) electrons. The smallest absolute Gasteiger partial charge is 0.236 e. The van der Waals surface area contributed by atoms with Crippen LogP contribution < -0.4 is 5.73 Å². The van der Waals surface area contributed by atoms with Crippen LogP contribution >= 0.6 is 36.2 Å². The molecule has 0 aromatic carbocycles. The van der Waals surface area contributed by atoms with Gasteiger partial charge in [0.15, 0.2) is 0 Å².